The summed E-state index contributed by atoms with van der Waals surface area (Å²) < 4.78 is 26.6. The molecule has 1 saturated heterocycles. The van der Waals surface area contributed by atoms with Gasteiger partial charge in [0.05, 0.1) is 0 Å². The molecule has 0 saturated carbocycles. The minimum Gasteiger partial charge on any atom is -0.265 e. The molecule has 14 heavy (non-hydrogen) atoms. The van der Waals surface area contributed by atoms with E-state index >= 15 is 0 Å². The van der Waals surface area contributed by atoms with Crippen molar-refractivity contribution in [3.63, 3.8) is 0 Å². The minimum absolute atomic E-state index is 0.321. The molecule has 1 fully saturated rings. The van der Waals surface area contributed by atoms with E-state index in [1.165, 1.54) is 4.31 Å². The van der Waals surface area contributed by atoms with Gasteiger partial charge in [-0.15, -0.1) is 0 Å². The Labute approximate surface area is 82.9 Å². The Kier molecular flexibility index (Phi) is 2.49. The monoisotopic (exact) mass is 213 g/mol. The Morgan fingerprint density at radius 2 is 2.00 bits per heavy atom. The van der Waals surface area contributed by atoms with Crippen LogP contribution in [0.4, 0.5) is 0 Å². The van der Waals surface area contributed by atoms with Crippen LogP contribution in [-0.4, -0.2) is 30.8 Å². The van der Waals surface area contributed by atoms with Gasteiger partial charge in [-0.2, -0.15) is 17.4 Å². The third kappa shape index (κ3) is 2.28. The van der Waals surface area contributed by atoms with Crippen LogP contribution in [-0.2, 0) is 16.8 Å². The Hall–Kier alpha value is -0.980. The molecule has 0 aliphatic carbocycles. The fourth-order valence-corrected chi connectivity index (χ4v) is 2.14. The van der Waals surface area contributed by atoms with Gasteiger partial charge in [-0.05, 0) is 17.7 Å². The molecule has 2 heterocycles. The van der Waals surface area contributed by atoms with Gasteiger partial charge in [0.25, 0.3) is 10.2 Å². The molecule has 1 aliphatic rings. The first-order valence-corrected chi connectivity index (χ1v) is 5.76. The minimum atomic E-state index is -3.22. The van der Waals surface area contributed by atoms with Crippen molar-refractivity contribution in [1.29, 1.82) is 0 Å². The lowest BCUT2D eigenvalue weighted by atomic mass is 10.3. The Balaban J connectivity index is 1.94. The van der Waals surface area contributed by atoms with Gasteiger partial charge in [-0.25, -0.2) is 0 Å². The van der Waals surface area contributed by atoms with Crippen molar-refractivity contribution in [2.75, 3.05) is 13.1 Å². The van der Waals surface area contributed by atoms with Crippen LogP contribution in [0.25, 0.3) is 0 Å². The van der Waals surface area contributed by atoms with E-state index in [-0.39, 0.29) is 0 Å². The smallest absolute Gasteiger partial charge is 0.265 e. The summed E-state index contributed by atoms with van der Waals surface area (Å²) >= 11 is 0. The molecular weight excluding hydrogens is 202 g/mol. The third-order valence-electron chi connectivity index (χ3n) is 1.95. The number of rotatable bonds is 4. The molecule has 6 heteroatoms. The Bertz CT molecular complexity index is 400. The summed E-state index contributed by atoms with van der Waals surface area (Å²) in [6, 6.07) is 3.56. The van der Waals surface area contributed by atoms with Crippen LogP contribution in [0.2, 0.25) is 0 Å². The average Bonchev–Trinajstić information content (AvgIpc) is 3.00. The van der Waals surface area contributed by atoms with Gasteiger partial charge < -0.3 is 0 Å². The fraction of sp³-hybridized carbons (Fsp3) is 0.375. The van der Waals surface area contributed by atoms with E-state index in [0.29, 0.717) is 19.6 Å². The molecule has 0 unspecified atom stereocenters. The number of hydrogen-bond donors (Lipinski definition) is 1. The molecular formula is C8H11N3O2S. The predicted molar refractivity (Wildman–Crippen MR) is 51.6 cm³/mol. The quantitative estimate of drug-likeness (QED) is 0.700. The van der Waals surface area contributed by atoms with Gasteiger partial charge in [0, 0.05) is 32.0 Å². The molecule has 0 amide bonds. The van der Waals surface area contributed by atoms with Crippen LogP contribution in [0.1, 0.15) is 5.56 Å². The van der Waals surface area contributed by atoms with Crippen molar-refractivity contribution in [2.45, 2.75) is 6.54 Å². The molecule has 0 aromatic carbocycles. The Morgan fingerprint density at radius 3 is 2.57 bits per heavy atom. The zero-order valence-corrected chi connectivity index (χ0v) is 8.37. The molecule has 5 nitrogen and oxygen atoms in total. The van der Waals surface area contributed by atoms with Gasteiger partial charge in [0.2, 0.25) is 0 Å². The van der Waals surface area contributed by atoms with E-state index in [0.717, 1.165) is 5.56 Å². The van der Waals surface area contributed by atoms with E-state index in [2.05, 4.69) is 9.71 Å². The zero-order valence-electron chi connectivity index (χ0n) is 7.55. The first-order valence-electron chi connectivity index (χ1n) is 4.32. The highest BCUT2D eigenvalue weighted by Gasteiger charge is 2.30. The topological polar surface area (TPSA) is 62.1 Å². The van der Waals surface area contributed by atoms with Crippen molar-refractivity contribution in [1.82, 2.24) is 14.0 Å². The van der Waals surface area contributed by atoms with E-state index in [9.17, 15) is 8.42 Å². The number of hydrogen-bond acceptors (Lipinski definition) is 3. The predicted octanol–water partition coefficient (Wildman–Crippen LogP) is -0.268. The maximum Gasteiger partial charge on any atom is 0.279 e. The number of aromatic nitrogens is 1. The van der Waals surface area contributed by atoms with E-state index in [1.54, 1.807) is 24.5 Å². The van der Waals surface area contributed by atoms with Gasteiger partial charge in [-0.1, -0.05) is 0 Å². The van der Waals surface area contributed by atoms with Crippen LogP contribution in [0.15, 0.2) is 24.5 Å². The molecule has 0 bridgehead atoms. The van der Waals surface area contributed by atoms with E-state index in [4.69, 9.17) is 0 Å². The van der Waals surface area contributed by atoms with Crippen LogP contribution in [0, 0.1) is 0 Å². The molecule has 1 aromatic heterocycles. The first-order chi connectivity index (χ1) is 6.68. The third-order valence-corrected chi connectivity index (χ3v) is 3.51. The summed E-state index contributed by atoms with van der Waals surface area (Å²) in [6.07, 6.45) is 3.28. The second kappa shape index (κ2) is 3.64. The van der Waals surface area contributed by atoms with E-state index in [1.807, 2.05) is 0 Å². The summed E-state index contributed by atoms with van der Waals surface area (Å²) in [5.74, 6) is 0. The fourth-order valence-electron chi connectivity index (χ4n) is 1.05. The summed E-state index contributed by atoms with van der Waals surface area (Å²) in [4.78, 5) is 3.85. The average molecular weight is 213 g/mol. The van der Waals surface area contributed by atoms with Gasteiger partial charge in [0.15, 0.2) is 0 Å². The van der Waals surface area contributed by atoms with Gasteiger partial charge in [0.1, 0.15) is 0 Å². The van der Waals surface area contributed by atoms with Crippen molar-refractivity contribution in [3.8, 4) is 0 Å². The molecule has 1 aliphatic heterocycles. The summed E-state index contributed by atoms with van der Waals surface area (Å²) in [6.45, 7) is 1.58. The second-order valence-corrected chi connectivity index (χ2v) is 4.84. The van der Waals surface area contributed by atoms with Gasteiger partial charge in [-0.3, -0.25) is 4.98 Å². The molecule has 1 N–H and O–H groups in total. The van der Waals surface area contributed by atoms with Crippen molar-refractivity contribution < 1.29 is 8.42 Å². The number of nitrogens with zero attached hydrogens (tertiary/aromatic N) is 2. The number of nitrogens with one attached hydrogen (secondary N) is 1. The van der Waals surface area contributed by atoms with Crippen LogP contribution in [0.3, 0.4) is 0 Å². The summed E-state index contributed by atoms with van der Waals surface area (Å²) in [5.41, 5.74) is 0.908. The van der Waals surface area contributed by atoms with Crippen molar-refractivity contribution >= 4 is 10.2 Å². The van der Waals surface area contributed by atoms with Crippen LogP contribution >= 0.6 is 0 Å². The molecule has 2 rings (SSSR count). The van der Waals surface area contributed by atoms with E-state index < -0.39 is 10.2 Å². The normalized spacial score (nSPS) is 16.9. The second-order valence-electron chi connectivity index (χ2n) is 3.08. The summed E-state index contributed by atoms with van der Waals surface area (Å²) in [5, 5.41) is 0. The van der Waals surface area contributed by atoms with Crippen molar-refractivity contribution in [3.05, 3.63) is 30.1 Å². The lowest BCUT2D eigenvalue weighted by Crippen LogP contribution is -2.29. The molecule has 76 valence electrons. The number of pyridine rings is 1. The highest BCUT2D eigenvalue weighted by atomic mass is 32.2. The SMILES string of the molecule is O=S(=O)(NCc1ccncc1)N1CC1. The lowest BCUT2D eigenvalue weighted by molar-refractivity contribution is 0.546. The molecule has 0 radical (unpaired) electrons. The maximum absolute atomic E-state index is 11.4. The zero-order chi connectivity index (χ0) is 10.0. The van der Waals surface area contributed by atoms with Crippen molar-refractivity contribution in [2.24, 2.45) is 0 Å². The lowest BCUT2D eigenvalue weighted by Gasteiger charge is -2.05. The first kappa shape index (κ1) is 9.57. The van der Waals surface area contributed by atoms with Crippen LogP contribution < -0.4 is 4.72 Å². The largest absolute Gasteiger partial charge is 0.279 e. The Morgan fingerprint density at radius 1 is 1.36 bits per heavy atom. The molecule has 0 atom stereocenters. The molecule has 0 spiro atoms. The highest BCUT2D eigenvalue weighted by Crippen LogP contribution is 2.09. The van der Waals surface area contributed by atoms with Gasteiger partial charge >= 0.3 is 0 Å². The highest BCUT2D eigenvalue weighted by molar-refractivity contribution is 7.87. The summed E-state index contributed by atoms with van der Waals surface area (Å²) in [7, 11) is -3.22. The maximum atomic E-state index is 11.4. The standard InChI is InChI=1S/C8H11N3O2S/c12-14(13,11-5-6-11)10-7-8-1-3-9-4-2-8/h1-4,10H,5-7H2. The van der Waals surface area contributed by atoms with Crippen LogP contribution in [0.5, 0.6) is 0 Å². The molecule has 1 aromatic rings.